The largest absolute Gasteiger partial charge is 0.352 e. The molecule has 0 aromatic heterocycles. The van der Waals surface area contributed by atoms with Crippen LogP contribution in [0.15, 0.2) is 22.7 Å². The Kier molecular flexibility index (Phi) is 7.02. The maximum Gasteiger partial charge on any atom is 0.252 e. The van der Waals surface area contributed by atoms with Gasteiger partial charge < -0.3 is 5.32 Å². The minimum atomic E-state index is -0.00266. The zero-order chi connectivity index (χ0) is 12.8. The third-order valence-corrected chi connectivity index (χ3v) is 4.28. The van der Waals surface area contributed by atoms with Crippen molar-refractivity contribution in [3.05, 3.63) is 31.8 Å². The number of hydrogen-bond acceptors (Lipinski definition) is 1. The van der Waals surface area contributed by atoms with Crippen molar-refractivity contribution in [2.45, 2.75) is 13.3 Å². The molecule has 2 nitrogen and oxygen atoms in total. The lowest BCUT2D eigenvalue weighted by atomic mass is 10.1. The number of hydrogen-bond donors (Lipinski definition) is 1. The number of carbonyl (C=O) groups excluding carboxylic acids is 1. The van der Waals surface area contributed by atoms with E-state index >= 15 is 0 Å². The molecule has 17 heavy (non-hydrogen) atoms. The van der Waals surface area contributed by atoms with Crippen LogP contribution in [0.5, 0.6) is 0 Å². The third-order valence-electron chi connectivity index (χ3n) is 2.39. The maximum absolute atomic E-state index is 12.0. The van der Waals surface area contributed by atoms with Gasteiger partial charge in [-0.05, 0) is 53.1 Å². The Hall–Kier alpha value is 0.380. The number of nitrogens with one attached hydrogen (secondary N) is 1. The molecule has 94 valence electrons. The van der Waals surface area contributed by atoms with Crippen molar-refractivity contribution in [1.29, 1.82) is 0 Å². The summed E-state index contributed by atoms with van der Waals surface area (Å²) in [6, 6.07) is 5.72. The SMILES string of the molecule is CC(CCBr)CNC(=O)c1cc(Br)ccc1I. The maximum atomic E-state index is 12.0. The van der Waals surface area contributed by atoms with E-state index in [0.717, 1.165) is 25.4 Å². The number of halogens is 3. The van der Waals surface area contributed by atoms with Gasteiger partial charge in [-0.25, -0.2) is 0 Å². The van der Waals surface area contributed by atoms with Gasteiger partial charge in [0.05, 0.1) is 5.56 Å². The molecular weight excluding hydrogens is 461 g/mol. The first-order chi connectivity index (χ1) is 8.04. The average Bonchev–Trinajstić information content (AvgIpc) is 2.29. The fourth-order valence-electron chi connectivity index (χ4n) is 1.32. The number of benzene rings is 1. The molecule has 0 aliphatic heterocycles. The van der Waals surface area contributed by atoms with Crippen LogP contribution in [0.25, 0.3) is 0 Å². The third kappa shape index (κ3) is 5.26. The highest BCUT2D eigenvalue weighted by Crippen LogP contribution is 2.18. The van der Waals surface area contributed by atoms with E-state index in [1.54, 1.807) is 0 Å². The van der Waals surface area contributed by atoms with Crippen LogP contribution in [0.3, 0.4) is 0 Å². The summed E-state index contributed by atoms with van der Waals surface area (Å²) in [7, 11) is 0. The molecule has 0 radical (unpaired) electrons. The quantitative estimate of drug-likeness (QED) is 0.503. The monoisotopic (exact) mass is 473 g/mol. The molecule has 1 N–H and O–H groups in total. The van der Waals surface area contributed by atoms with Crippen LogP contribution in [-0.4, -0.2) is 17.8 Å². The van der Waals surface area contributed by atoms with E-state index in [9.17, 15) is 4.79 Å². The summed E-state index contributed by atoms with van der Waals surface area (Å²) >= 11 is 8.96. The molecule has 5 heteroatoms. The van der Waals surface area contributed by atoms with Crippen LogP contribution in [0.2, 0.25) is 0 Å². The molecule has 1 atom stereocenters. The highest BCUT2D eigenvalue weighted by Gasteiger charge is 2.11. The van der Waals surface area contributed by atoms with E-state index in [4.69, 9.17) is 0 Å². The fourth-order valence-corrected chi connectivity index (χ4v) is 3.05. The molecular formula is C12H14Br2INO. The first kappa shape index (κ1) is 15.4. The van der Waals surface area contributed by atoms with Crippen LogP contribution in [0.4, 0.5) is 0 Å². The van der Waals surface area contributed by atoms with Crippen molar-refractivity contribution in [3.8, 4) is 0 Å². The molecule has 0 saturated carbocycles. The molecule has 1 aromatic carbocycles. The second-order valence-electron chi connectivity index (χ2n) is 3.92. The van der Waals surface area contributed by atoms with Crippen molar-refractivity contribution < 1.29 is 4.79 Å². The predicted molar refractivity (Wildman–Crippen MR) is 86.8 cm³/mol. The van der Waals surface area contributed by atoms with Crippen molar-refractivity contribution in [2.75, 3.05) is 11.9 Å². The van der Waals surface area contributed by atoms with Gasteiger partial charge in [-0.15, -0.1) is 0 Å². The highest BCUT2D eigenvalue weighted by atomic mass is 127. The standard InChI is InChI=1S/C12H14Br2INO/c1-8(4-5-13)7-16-12(17)10-6-9(14)2-3-11(10)15/h2-3,6,8H,4-5,7H2,1H3,(H,16,17). The molecule has 1 amide bonds. The Balaban J connectivity index is 2.61. The average molecular weight is 475 g/mol. The number of carbonyl (C=O) groups is 1. The van der Waals surface area contributed by atoms with Gasteiger partial charge in [0.15, 0.2) is 0 Å². The number of rotatable bonds is 5. The van der Waals surface area contributed by atoms with Crippen LogP contribution < -0.4 is 5.32 Å². The second-order valence-corrected chi connectivity index (χ2v) is 6.79. The van der Waals surface area contributed by atoms with Crippen LogP contribution in [0, 0.1) is 9.49 Å². The first-order valence-corrected chi connectivity index (χ1v) is 8.33. The number of amides is 1. The fraction of sp³-hybridized carbons (Fsp3) is 0.417. The van der Waals surface area contributed by atoms with Crippen LogP contribution in [0.1, 0.15) is 23.7 Å². The first-order valence-electron chi connectivity index (χ1n) is 5.33. The zero-order valence-corrected chi connectivity index (χ0v) is 14.8. The van der Waals surface area contributed by atoms with E-state index in [1.807, 2.05) is 18.2 Å². The second kappa shape index (κ2) is 7.74. The van der Waals surface area contributed by atoms with Crippen LogP contribution in [-0.2, 0) is 0 Å². The molecule has 0 bridgehead atoms. The Morgan fingerprint density at radius 1 is 1.53 bits per heavy atom. The molecule has 0 aliphatic rings. The molecule has 0 saturated heterocycles. The summed E-state index contributed by atoms with van der Waals surface area (Å²) in [5.41, 5.74) is 0.728. The van der Waals surface area contributed by atoms with Crippen molar-refractivity contribution in [1.82, 2.24) is 5.32 Å². The molecule has 1 aromatic rings. The number of alkyl halides is 1. The molecule has 0 spiro atoms. The summed E-state index contributed by atoms with van der Waals surface area (Å²) in [6.45, 7) is 2.85. The van der Waals surface area contributed by atoms with E-state index in [0.29, 0.717) is 12.5 Å². The van der Waals surface area contributed by atoms with Crippen molar-refractivity contribution in [2.24, 2.45) is 5.92 Å². The lowest BCUT2D eigenvalue weighted by Gasteiger charge is -2.12. The smallest absolute Gasteiger partial charge is 0.252 e. The topological polar surface area (TPSA) is 29.1 Å². The summed E-state index contributed by atoms with van der Waals surface area (Å²) < 4.78 is 1.90. The van der Waals surface area contributed by atoms with Gasteiger partial charge in [0.2, 0.25) is 0 Å². The molecule has 0 aliphatic carbocycles. The minimum absolute atomic E-state index is 0.00266. The highest BCUT2D eigenvalue weighted by molar-refractivity contribution is 14.1. The van der Waals surface area contributed by atoms with Gasteiger partial charge in [0, 0.05) is 19.9 Å². The normalized spacial score (nSPS) is 12.2. The van der Waals surface area contributed by atoms with Crippen molar-refractivity contribution >= 4 is 60.4 Å². The van der Waals surface area contributed by atoms with Crippen molar-refractivity contribution in [3.63, 3.8) is 0 Å². The Bertz CT molecular complexity index is 398. The van der Waals surface area contributed by atoms with Gasteiger partial charge in [-0.1, -0.05) is 38.8 Å². The van der Waals surface area contributed by atoms with Gasteiger partial charge in [0.1, 0.15) is 0 Å². The molecule has 0 fully saturated rings. The summed E-state index contributed by atoms with van der Waals surface area (Å²) in [5, 5.41) is 3.94. The molecule has 1 rings (SSSR count). The van der Waals surface area contributed by atoms with Gasteiger partial charge >= 0.3 is 0 Å². The summed E-state index contributed by atoms with van der Waals surface area (Å²) in [6.07, 6.45) is 1.07. The molecule has 0 heterocycles. The lowest BCUT2D eigenvalue weighted by molar-refractivity contribution is 0.0947. The zero-order valence-electron chi connectivity index (χ0n) is 9.47. The predicted octanol–water partition coefficient (Wildman–Crippen LogP) is 4.20. The van der Waals surface area contributed by atoms with E-state index in [2.05, 4.69) is 66.7 Å². The van der Waals surface area contributed by atoms with Gasteiger partial charge in [-0.3, -0.25) is 4.79 Å². The summed E-state index contributed by atoms with van der Waals surface area (Å²) in [5.74, 6) is 0.486. The summed E-state index contributed by atoms with van der Waals surface area (Å²) in [4.78, 5) is 12.0. The Morgan fingerprint density at radius 3 is 2.88 bits per heavy atom. The van der Waals surface area contributed by atoms with Gasteiger partial charge in [0.25, 0.3) is 5.91 Å². The minimum Gasteiger partial charge on any atom is -0.352 e. The van der Waals surface area contributed by atoms with E-state index < -0.39 is 0 Å². The van der Waals surface area contributed by atoms with Crippen LogP contribution >= 0.6 is 54.5 Å². The van der Waals surface area contributed by atoms with E-state index in [1.165, 1.54) is 0 Å². The van der Waals surface area contributed by atoms with Gasteiger partial charge in [-0.2, -0.15) is 0 Å². The molecule has 1 unspecified atom stereocenters. The Morgan fingerprint density at radius 2 is 2.24 bits per heavy atom. The lowest BCUT2D eigenvalue weighted by Crippen LogP contribution is -2.29. The Labute approximate surface area is 132 Å². The van der Waals surface area contributed by atoms with E-state index in [-0.39, 0.29) is 5.91 Å².